The zero-order valence-corrected chi connectivity index (χ0v) is 18.3. The molecule has 1 aromatic heterocycles. The summed E-state index contributed by atoms with van der Waals surface area (Å²) in [5.74, 6) is -0.235. The highest BCUT2D eigenvalue weighted by atomic mass is 32.1. The van der Waals surface area contributed by atoms with Crippen LogP contribution in [0.1, 0.15) is 44.1 Å². The van der Waals surface area contributed by atoms with E-state index in [1.165, 1.54) is 16.9 Å². The molecule has 1 heterocycles. The predicted molar refractivity (Wildman–Crippen MR) is 127 cm³/mol. The van der Waals surface area contributed by atoms with Crippen LogP contribution in [-0.2, 0) is 6.42 Å². The number of hydrogen-bond acceptors (Lipinski definition) is 5. The lowest BCUT2D eigenvalue weighted by Gasteiger charge is -2.08. The fourth-order valence-corrected chi connectivity index (χ4v) is 4.11. The van der Waals surface area contributed by atoms with Crippen molar-refractivity contribution in [3.05, 3.63) is 107 Å². The summed E-state index contributed by atoms with van der Waals surface area (Å²) >= 11 is 1.37. The van der Waals surface area contributed by atoms with Crippen molar-refractivity contribution in [2.75, 3.05) is 10.6 Å². The zero-order valence-electron chi connectivity index (χ0n) is 17.5. The third-order valence-electron chi connectivity index (χ3n) is 4.96. The lowest BCUT2D eigenvalue weighted by Crippen LogP contribution is -2.14. The van der Waals surface area contributed by atoms with E-state index in [1.54, 1.807) is 48.5 Å². The Labute approximate surface area is 190 Å². The first-order valence-electron chi connectivity index (χ1n) is 10.2. The Morgan fingerprint density at radius 3 is 2.22 bits per heavy atom. The van der Waals surface area contributed by atoms with Gasteiger partial charge in [-0.1, -0.05) is 72.9 Å². The van der Waals surface area contributed by atoms with E-state index in [0.717, 1.165) is 11.4 Å². The van der Waals surface area contributed by atoms with Gasteiger partial charge in [0, 0.05) is 23.2 Å². The molecule has 0 unspecified atom stereocenters. The van der Waals surface area contributed by atoms with Crippen LogP contribution in [0, 0.1) is 0 Å². The van der Waals surface area contributed by atoms with Crippen molar-refractivity contribution in [3.8, 4) is 0 Å². The third kappa shape index (κ3) is 5.44. The molecule has 0 aliphatic rings. The Morgan fingerprint density at radius 1 is 0.812 bits per heavy atom. The van der Waals surface area contributed by atoms with Gasteiger partial charge < -0.3 is 5.32 Å². The van der Waals surface area contributed by atoms with Crippen molar-refractivity contribution < 1.29 is 9.59 Å². The second kappa shape index (κ2) is 9.98. The van der Waals surface area contributed by atoms with Crippen molar-refractivity contribution >= 4 is 34.0 Å². The summed E-state index contributed by atoms with van der Waals surface area (Å²) in [6.07, 6.45) is 0.749. The SMILES string of the molecule is C[C@H](Cc1nnc(NC(=O)c2cccc(NC(=O)c3ccccc3)c2)s1)c1ccccc1. The van der Waals surface area contributed by atoms with Crippen LogP contribution in [0.15, 0.2) is 84.9 Å². The first kappa shape index (κ1) is 21.4. The van der Waals surface area contributed by atoms with Crippen LogP contribution in [0.5, 0.6) is 0 Å². The molecule has 0 aliphatic heterocycles. The van der Waals surface area contributed by atoms with Gasteiger partial charge in [-0.2, -0.15) is 0 Å². The van der Waals surface area contributed by atoms with E-state index in [0.29, 0.717) is 27.9 Å². The maximum atomic E-state index is 12.7. The van der Waals surface area contributed by atoms with Gasteiger partial charge in [0.15, 0.2) is 0 Å². The normalized spacial score (nSPS) is 11.5. The van der Waals surface area contributed by atoms with Gasteiger partial charge in [0.2, 0.25) is 5.13 Å². The fourth-order valence-electron chi connectivity index (χ4n) is 3.25. The maximum absolute atomic E-state index is 12.7. The Balaban J connectivity index is 1.38. The molecule has 0 saturated carbocycles. The molecule has 0 spiro atoms. The quantitative estimate of drug-likeness (QED) is 0.402. The first-order chi connectivity index (χ1) is 15.6. The highest BCUT2D eigenvalue weighted by Gasteiger charge is 2.14. The lowest BCUT2D eigenvalue weighted by atomic mass is 9.98. The Bertz CT molecular complexity index is 1210. The van der Waals surface area contributed by atoms with E-state index < -0.39 is 0 Å². The summed E-state index contributed by atoms with van der Waals surface area (Å²) in [6, 6.07) is 25.9. The van der Waals surface area contributed by atoms with Gasteiger partial charge >= 0.3 is 0 Å². The number of nitrogens with one attached hydrogen (secondary N) is 2. The number of rotatable bonds is 7. The van der Waals surface area contributed by atoms with Crippen LogP contribution in [0.3, 0.4) is 0 Å². The predicted octanol–water partition coefficient (Wildman–Crippen LogP) is 5.39. The summed E-state index contributed by atoms with van der Waals surface area (Å²) in [7, 11) is 0. The average Bonchev–Trinajstić information content (AvgIpc) is 3.27. The minimum atomic E-state index is -0.306. The van der Waals surface area contributed by atoms with Crippen molar-refractivity contribution in [1.82, 2.24) is 10.2 Å². The Kier molecular flexibility index (Phi) is 6.67. The highest BCUT2D eigenvalue weighted by Crippen LogP contribution is 2.24. The van der Waals surface area contributed by atoms with Crippen molar-refractivity contribution in [1.29, 1.82) is 0 Å². The summed E-state index contributed by atoms with van der Waals surface area (Å²) in [6.45, 7) is 2.14. The smallest absolute Gasteiger partial charge is 0.257 e. The van der Waals surface area contributed by atoms with E-state index >= 15 is 0 Å². The molecule has 0 fully saturated rings. The number of amides is 2. The molecule has 0 bridgehead atoms. The van der Waals surface area contributed by atoms with Crippen molar-refractivity contribution in [2.24, 2.45) is 0 Å². The number of anilines is 2. The van der Waals surface area contributed by atoms with E-state index in [4.69, 9.17) is 0 Å². The van der Waals surface area contributed by atoms with Gasteiger partial charge in [-0.25, -0.2) is 0 Å². The van der Waals surface area contributed by atoms with Gasteiger partial charge in [0.05, 0.1) is 0 Å². The molecular formula is C25H22N4O2S. The number of carbonyl (C=O) groups excluding carboxylic acids is 2. The van der Waals surface area contributed by atoms with Crippen molar-refractivity contribution in [3.63, 3.8) is 0 Å². The number of benzene rings is 3. The molecule has 160 valence electrons. The Hall–Kier alpha value is -3.84. The Morgan fingerprint density at radius 2 is 1.47 bits per heavy atom. The van der Waals surface area contributed by atoms with Gasteiger partial charge in [0.25, 0.3) is 11.8 Å². The van der Waals surface area contributed by atoms with Crippen LogP contribution < -0.4 is 10.6 Å². The molecule has 0 radical (unpaired) electrons. The minimum absolute atomic E-state index is 0.232. The number of hydrogen-bond donors (Lipinski definition) is 2. The molecule has 7 heteroatoms. The summed E-state index contributed by atoms with van der Waals surface area (Å²) in [5, 5.41) is 15.2. The molecule has 4 aromatic rings. The average molecular weight is 443 g/mol. The third-order valence-corrected chi connectivity index (χ3v) is 5.82. The second-order valence-electron chi connectivity index (χ2n) is 7.37. The van der Waals surface area contributed by atoms with Crippen LogP contribution in [0.4, 0.5) is 10.8 Å². The summed E-state index contributed by atoms with van der Waals surface area (Å²) < 4.78 is 0. The molecule has 0 saturated heterocycles. The first-order valence-corrected chi connectivity index (χ1v) is 11.1. The van der Waals surface area contributed by atoms with E-state index in [9.17, 15) is 9.59 Å². The van der Waals surface area contributed by atoms with E-state index in [1.807, 2.05) is 24.3 Å². The standard InChI is InChI=1S/C25H22N4O2S/c1-17(18-9-4-2-5-10-18)15-22-28-29-25(32-22)27-24(31)20-13-8-14-21(16-20)26-23(30)19-11-6-3-7-12-19/h2-14,16-17H,15H2,1H3,(H,26,30)(H,27,29,31)/t17-/m1/s1. The largest absolute Gasteiger partial charge is 0.322 e. The molecule has 6 nitrogen and oxygen atoms in total. The molecule has 1 atom stereocenters. The zero-order chi connectivity index (χ0) is 22.3. The summed E-state index contributed by atoms with van der Waals surface area (Å²) in [5.41, 5.74) is 2.75. The van der Waals surface area contributed by atoms with Crippen LogP contribution in [0.25, 0.3) is 0 Å². The number of carbonyl (C=O) groups is 2. The fraction of sp³-hybridized carbons (Fsp3) is 0.120. The molecule has 3 aromatic carbocycles. The van der Waals surface area contributed by atoms with E-state index in [2.05, 4.69) is 39.9 Å². The molecule has 32 heavy (non-hydrogen) atoms. The highest BCUT2D eigenvalue weighted by molar-refractivity contribution is 7.15. The van der Waals surface area contributed by atoms with Gasteiger partial charge in [-0.15, -0.1) is 10.2 Å². The van der Waals surface area contributed by atoms with Crippen LogP contribution >= 0.6 is 11.3 Å². The number of aromatic nitrogens is 2. The van der Waals surface area contributed by atoms with E-state index in [-0.39, 0.29) is 11.8 Å². The van der Waals surface area contributed by atoms with Gasteiger partial charge in [0.1, 0.15) is 5.01 Å². The summed E-state index contributed by atoms with van der Waals surface area (Å²) in [4.78, 5) is 25.0. The van der Waals surface area contributed by atoms with Gasteiger partial charge in [-0.3, -0.25) is 14.9 Å². The lowest BCUT2D eigenvalue weighted by molar-refractivity contribution is 0.101. The second-order valence-corrected chi connectivity index (χ2v) is 8.43. The molecular weight excluding hydrogens is 420 g/mol. The van der Waals surface area contributed by atoms with Gasteiger partial charge in [-0.05, 0) is 41.8 Å². The number of nitrogens with zero attached hydrogens (tertiary/aromatic N) is 2. The monoisotopic (exact) mass is 442 g/mol. The molecule has 2 N–H and O–H groups in total. The maximum Gasteiger partial charge on any atom is 0.257 e. The molecule has 4 rings (SSSR count). The minimum Gasteiger partial charge on any atom is -0.322 e. The van der Waals surface area contributed by atoms with Crippen molar-refractivity contribution in [2.45, 2.75) is 19.3 Å². The van der Waals surface area contributed by atoms with Crippen LogP contribution in [-0.4, -0.2) is 22.0 Å². The topological polar surface area (TPSA) is 84.0 Å². The molecule has 0 aliphatic carbocycles. The molecule has 2 amide bonds. The van der Waals surface area contributed by atoms with Crippen LogP contribution in [0.2, 0.25) is 0 Å².